The first-order valence-corrected chi connectivity index (χ1v) is 16.3. The van der Waals surface area contributed by atoms with Crippen LogP contribution in [0.15, 0.2) is 0 Å². The minimum atomic E-state index is -2.53. The highest BCUT2D eigenvalue weighted by Gasteiger charge is 2.16. The van der Waals surface area contributed by atoms with E-state index in [0.717, 1.165) is 36.3 Å². The van der Waals surface area contributed by atoms with Gasteiger partial charge in [-0.2, -0.15) is 16.4 Å². The zero-order valence-corrected chi connectivity index (χ0v) is 24.8. The minimum Gasteiger partial charge on any atom is -0.870 e. The van der Waals surface area contributed by atoms with Crippen molar-refractivity contribution in [3.05, 3.63) is 0 Å². The van der Waals surface area contributed by atoms with Crippen LogP contribution < -0.4 is 0 Å². The first kappa shape index (κ1) is 36.5. The van der Waals surface area contributed by atoms with Gasteiger partial charge < -0.3 is 14.5 Å². The van der Waals surface area contributed by atoms with E-state index in [-0.39, 0.29) is 5.48 Å². The van der Waals surface area contributed by atoms with Crippen molar-refractivity contribution in [1.29, 1.82) is 0 Å². The molecular weight excluding hydrogens is 469 g/mol. The SMILES string of the molecule is CCCCCCCCCCCCCCCCSCCCO[PH](=O)OOCC[N+](C)(CC)CC.[OH-]. The molecule has 6 nitrogen and oxygen atoms in total. The molecule has 0 saturated carbocycles. The van der Waals surface area contributed by atoms with E-state index in [2.05, 4.69) is 27.8 Å². The van der Waals surface area contributed by atoms with Crippen LogP contribution in [-0.4, -0.2) is 61.4 Å². The van der Waals surface area contributed by atoms with Crippen LogP contribution in [0.1, 0.15) is 117 Å². The van der Waals surface area contributed by atoms with Crippen molar-refractivity contribution >= 4 is 20.0 Å². The van der Waals surface area contributed by atoms with E-state index >= 15 is 0 Å². The lowest BCUT2D eigenvalue weighted by molar-refractivity contribution is -0.907. The van der Waals surface area contributed by atoms with Gasteiger partial charge in [0.25, 0.3) is 0 Å². The van der Waals surface area contributed by atoms with Crippen molar-refractivity contribution in [2.45, 2.75) is 117 Å². The van der Waals surface area contributed by atoms with Crippen LogP contribution >= 0.6 is 20.0 Å². The van der Waals surface area contributed by atoms with Gasteiger partial charge in [0.15, 0.2) is 0 Å². The summed E-state index contributed by atoms with van der Waals surface area (Å²) in [6.45, 7) is 10.5. The molecule has 0 heterocycles. The summed E-state index contributed by atoms with van der Waals surface area (Å²) in [4.78, 5) is 5.07. The molecule has 0 saturated heterocycles. The van der Waals surface area contributed by atoms with Crippen LogP contribution in [0.25, 0.3) is 0 Å². The van der Waals surface area contributed by atoms with Gasteiger partial charge >= 0.3 is 8.25 Å². The Bertz CT molecular complexity index is 428. The first-order chi connectivity index (χ1) is 16.1. The van der Waals surface area contributed by atoms with Crippen LogP contribution in [0, 0.1) is 0 Å². The van der Waals surface area contributed by atoms with Gasteiger partial charge in [-0.15, -0.1) is 0 Å². The monoisotopic (exact) mass is 527 g/mol. The standard InChI is InChI=1S/C26H57NO4PS.H2O/c1-5-8-9-10-11-12-13-14-15-16-17-18-19-20-25-33-26-21-23-30-32(28)31-29-24-22-27(4,6-2)7-3;/h32H,5-26H2,1-4H3;1H2/q+1;/p-1. The van der Waals surface area contributed by atoms with E-state index in [9.17, 15) is 4.57 Å². The van der Waals surface area contributed by atoms with E-state index in [1.807, 2.05) is 11.8 Å². The molecule has 8 heteroatoms. The molecule has 208 valence electrons. The highest BCUT2D eigenvalue weighted by molar-refractivity contribution is 7.99. The molecule has 1 atom stereocenters. The summed E-state index contributed by atoms with van der Waals surface area (Å²) >= 11 is 1.97. The van der Waals surface area contributed by atoms with Gasteiger partial charge in [-0.05, 0) is 38.2 Å². The van der Waals surface area contributed by atoms with E-state index in [1.54, 1.807) is 0 Å². The fourth-order valence-electron chi connectivity index (χ4n) is 3.73. The molecule has 0 aromatic carbocycles. The number of quaternary nitrogens is 1. The second kappa shape index (κ2) is 28.0. The van der Waals surface area contributed by atoms with Gasteiger partial charge in [-0.1, -0.05) is 90.4 Å². The van der Waals surface area contributed by atoms with Crippen LogP contribution in [-0.2, 0) is 18.7 Å². The third-order valence-corrected chi connectivity index (χ3v) is 8.51. The number of likely N-dealkylation sites (N-methyl/N-ethyl adjacent to an activating group) is 1. The van der Waals surface area contributed by atoms with Crippen LogP contribution in [0.3, 0.4) is 0 Å². The third-order valence-electron chi connectivity index (χ3n) is 6.66. The zero-order chi connectivity index (χ0) is 24.5. The second-order valence-electron chi connectivity index (χ2n) is 9.54. The molecule has 0 bridgehead atoms. The number of nitrogens with zero attached hydrogens (tertiary/aromatic N) is 1. The van der Waals surface area contributed by atoms with Gasteiger partial charge in [-0.3, -0.25) is 4.57 Å². The average molecular weight is 528 g/mol. The van der Waals surface area contributed by atoms with E-state index in [0.29, 0.717) is 13.2 Å². The fourth-order valence-corrected chi connectivity index (χ4v) is 5.20. The fraction of sp³-hybridized carbons (Fsp3) is 1.00. The summed E-state index contributed by atoms with van der Waals surface area (Å²) in [7, 11) is -0.351. The van der Waals surface area contributed by atoms with Gasteiger partial charge in [0.05, 0.1) is 26.7 Å². The lowest BCUT2D eigenvalue weighted by Crippen LogP contribution is -2.45. The minimum absolute atomic E-state index is 0. The summed E-state index contributed by atoms with van der Waals surface area (Å²) in [5.41, 5.74) is 0. The maximum Gasteiger partial charge on any atom is 0.347 e. The lowest BCUT2D eigenvalue weighted by Gasteiger charge is -2.31. The number of hydrogen-bond acceptors (Lipinski definition) is 6. The topological polar surface area (TPSA) is 74.8 Å². The summed E-state index contributed by atoms with van der Waals surface area (Å²) in [5.74, 6) is 2.27. The maximum absolute atomic E-state index is 11.7. The Morgan fingerprint density at radius 1 is 0.676 bits per heavy atom. The second-order valence-corrected chi connectivity index (χ2v) is 11.7. The number of rotatable bonds is 27. The Kier molecular flexibility index (Phi) is 30.0. The highest BCUT2D eigenvalue weighted by Crippen LogP contribution is 2.24. The molecule has 0 aliphatic carbocycles. The Balaban J connectivity index is 0. The molecule has 0 fully saturated rings. The average Bonchev–Trinajstić information content (AvgIpc) is 2.83. The van der Waals surface area contributed by atoms with Crippen molar-refractivity contribution < 1.29 is 28.6 Å². The largest absolute Gasteiger partial charge is 0.870 e. The van der Waals surface area contributed by atoms with Gasteiger partial charge in [0.2, 0.25) is 0 Å². The van der Waals surface area contributed by atoms with Crippen LogP contribution in [0.4, 0.5) is 0 Å². The van der Waals surface area contributed by atoms with E-state index in [1.165, 1.54) is 95.6 Å². The molecule has 0 rings (SSSR count). The number of thioether (sulfide) groups is 1. The summed E-state index contributed by atoms with van der Waals surface area (Å²) in [6.07, 6.45) is 20.6. The first-order valence-electron chi connectivity index (χ1n) is 14.0. The van der Waals surface area contributed by atoms with Crippen LogP contribution in [0.2, 0.25) is 0 Å². The number of hydrogen-bond donors (Lipinski definition) is 0. The van der Waals surface area contributed by atoms with Crippen molar-refractivity contribution in [1.82, 2.24) is 0 Å². The highest BCUT2D eigenvalue weighted by atomic mass is 32.2. The Morgan fingerprint density at radius 2 is 1.15 bits per heavy atom. The molecule has 1 N–H and O–H groups in total. The molecule has 0 spiro atoms. The maximum atomic E-state index is 11.7. The smallest absolute Gasteiger partial charge is 0.347 e. The van der Waals surface area contributed by atoms with Crippen LogP contribution in [0.5, 0.6) is 0 Å². The normalized spacial score (nSPS) is 12.6. The summed E-state index contributed by atoms with van der Waals surface area (Å²) in [6, 6.07) is 0. The van der Waals surface area contributed by atoms with Crippen molar-refractivity contribution in [2.75, 3.05) is 51.4 Å². The van der Waals surface area contributed by atoms with Gasteiger partial charge in [0, 0.05) is 0 Å². The van der Waals surface area contributed by atoms with Crippen molar-refractivity contribution in [3.8, 4) is 0 Å². The summed E-state index contributed by atoms with van der Waals surface area (Å²) < 4.78 is 22.7. The van der Waals surface area contributed by atoms with E-state index < -0.39 is 8.25 Å². The molecule has 0 aromatic rings. The lowest BCUT2D eigenvalue weighted by atomic mass is 10.0. The number of unbranched alkanes of at least 4 members (excludes halogenated alkanes) is 13. The zero-order valence-electron chi connectivity index (χ0n) is 23.0. The molecule has 1 unspecified atom stereocenters. The van der Waals surface area contributed by atoms with Gasteiger partial charge in [-0.25, -0.2) is 4.89 Å². The van der Waals surface area contributed by atoms with Crippen molar-refractivity contribution in [3.63, 3.8) is 0 Å². The molecule has 0 aromatic heterocycles. The van der Waals surface area contributed by atoms with E-state index in [4.69, 9.17) is 14.1 Å². The quantitative estimate of drug-likeness (QED) is 0.0352. The Labute approximate surface area is 217 Å². The summed E-state index contributed by atoms with van der Waals surface area (Å²) in [5, 5.41) is 0. The molecule has 0 aliphatic rings. The third kappa shape index (κ3) is 25.5. The van der Waals surface area contributed by atoms with Gasteiger partial charge in [0.1, 0.15) is 13.2 Å². The predicted molar refractivity (Wildman–Crippen MR) is 148 cm³/mol. The molecule has 0 radical (unpaired) electrons. The van der Waals surface area contributed by atoms with Crippen molar-refractivity contribution in [2.24, 2.45) is 0 Å². The molecular formula is C26H58NO5PS. The molecule has 0 aliphatic heterocycles. The molecule has 0 amide bonds. The molecule has 34 heavy (non-hydrogen) atoms. The Hall–Kier alpha value is 0.380. The predicted octanol–water partition coefficient (Wildman–Crippen LogP) is 8.26. The Morgan fingerprint density at radius 3 is 1.65 bits per heavy atom.